The second-order valence-electron chi connectivity index (χ2n) is 2.87. The minimum Gasteiger partial charge on any atom is -0.366 e. The van der Waals surface area contributed by atoms with Crippen LogP contribution in [0, 0.1) is 0 Å². The third kappa shape index (κ3) is 1.24. The Kier molecular flexibility index (Phi) is 1.78. The van der Waals surface area contributed by atoms with Crippen LogP contribution in [0.25, 0.3) is 10.8 Å². The Morgan fingerprint density at radius 1 is 1.43 bits per heavy atom. The van der Waals surface area contributed by atoms with E-state index in [0.29, 0.717) is 16.3 Å². The minimum atomic E-state index is -0.553. The average molecular weight is 189 g/mol. The molecule has 1 aromatic carbocycles. The summed E-state index contributed by atoms with van der Waals surface area (Å²) in [4.78, 5) is 22.1. The largest absolute Gasteiger partial charge is 0.366 e. The molecule has 0 aliphatic heterocycles. The van der Waals surface area contributed by atoms with Crippen LogP contribution < -0.4 is 11.3 Å². The third-order valence-corrected chi connectivity index (χ3v) is 1.95. The smallest absolute Gasteiger partial charge is 0.272 e. The van der Waals surface area contributed by atoms with E-state index in [2.05, 4.69) is 10.2 Å². The van der Waals surface area contributed by atoms with E-state index in [-0.39, 0.29) is 5.56 Å². The van der Waals surface area contributed by atoms with Gasteiger partial charge in [-0.25, -0.2) is 5.10 Å². The Labute approximate surface area is 78.5 Å². The number of benzene rings is 1. The molecule has 1 amide bonds. The predicted octanol–water partition coefficient (Wildman–Crippen LogP) is 0.0220. The molecule has 0 aliphatic rings. The summed E-state index contributed by atoms with van der Waals surface area (Å²) in [6, 6.07) is 4.65. The highest BCUT2D eigenvalue weighted by Gasteiger charge is 2.03. The highest BCUT2D eigenvalue weighted by Crippen LogP contribution is 2.09. The lowest BCUT2D eigenvalue weighted by Crippen LogP contribution is -2.13. The van der Waals surface area contributed by atoms with E-state index in [0.717, 1.165) is 0 Å². The molecule has 0 atom stereocenters. The molecule has 0 spiro atoms. The van der Waals surface area contributed by atoms with Crippen molar-refractivity contribution in [3.63, 3.8) is 0 Å². The van der Waals surface area contributed by atoms with Gasteiger partial charge < -0.3 is 5.73 Å². The van der Waals surface area contributed by atoms with Crippen LogP contribution >= 0.6 is 0 Å². The highest BCUT2D eigenvalue weighted by atomic mass is 16.1. The fraction of sp³-hybridized carbons (Fsp3) is 0. The Morgan fingerprint density at radius 2 is 2.21 bits per heavy atom. The van der Waals surface area contributed by atoms with Crippen LogP contribution in [0.5, 0.6) is 0 Å². The number of carbonyl (C=O) groups excluding carboxylic acids is 1. The zero-order valence-corrected chi connectivity index (χ0v) is 7.15. The van der Waals surface area contributed by atoms with Crippen LogP contribution in [-0.2, 0) is 0 Å². The quantitative estimate of drug-likeness (QED) is 0.662. The Morgan fingerprint density at radius 3 is 2.93 bits per heavy atom. The molecule has 1 heterocycles. The van der Waals surface area contributed by atoms with Crippen molar-refractivity contribution in [2.45, 2.75) is 0 Å². The summed E-state index contributed by atoms with van der Waals surface area (Å²) in [7, 11) is 0. The maximum absolute atomic E-state index is 11.3. The zero-order chi connectivity index (χ0) is 10.1. The molecular formula is C9H7N3O2. The van der Waals surface area contributed by atoms with Gasteiger partial charge in [-0.2, -0.15) is 5.10 Å². The molecule has 5 heteroatoms. The molecule has 2 rings (SSSR count). The van der Waals surface area contributed by atoms with Crippen molar-refractivity contribution in [1.82, 2.24) is 10.2 Å². The number of H-pyrrole nitrogens is 1. The Bertz CT molecular complexity index is 559. The van der Waals surface area contributed by atoms with Gasteiger partial charge in [0.2, 0.25) is 5.91 Å². The first-order chi connectivity index (χ1) is 6.68. The van der Waals surface area contributed by atoms with Gasteiger partial charge in [-0.1, -0.05) is 6.07 Å². The van der Waals surface area contributed by atoms with Crippen molar-refractivity contribution in [1.29, 1.82) is 0 Å². The fourth-order valence-corrected chi connectivity index (χ4v) is 1.24. The number of nitrogens with one attached hydrogen (secondary N) is 1. The summed E-state index contributed by atoms with van der Waals surface area (Å²) in [5.41, 5.74) is 5.07. The first-order valence-electron chi connectivity index (χ1n) is 3.96. The molecule has 2 aromatic rings. The molecule has 0 saturated heterocycles. The van der Waals surface area contributed by atoms with Gasteiger partial charge in [0.05, 0.1) is 11.6 Å². The van der Waals surface area contributed by atoms with E-state index in [1.165, 1.54) is 12.3 Å². The van der Waals surface area contributed by atoms with E-state index in [9.17, 15) is 9.59 Å². The monoisotopic (exact) mass is 189 g/mol. The van der Waals surface area contributed by atoms with Crippen molar-refractivity contribution in [3.8, 4) is 0 Å². The summed E-state index contributed by atoms with van der Waals surface area (Å²) >= 11 is 0. The fourth-order valence-electron chi connectivity index (χ4n) is 1.24. The summed E-state index contributed by atoms with van der Waals surface area (Å²) in [6.07, 6.45) is 1.52. The number of primary amides is 1. The number of fused-ring (bicyclic) bond motifs is 1. The molecule has 70 valence electrons. The van der Waals surface area contributed by atoms with Gasteiger partial charge in [0.15, 0.2) is 0 Å². The molecule has 0 fully saturated rings. The van der Waals surface area contributed by atoms with Crippen LogP contribution in [0.2, 0.25) is 0 Å². The van der Waals surface area contributed by atoms with E-state index in [1.807, 2.05) is 0 Å². The number of aromatic nitrogens is 2. The predicted molar refractivity (Wildman–Crippen MR) is 50.9 cm³/mol. The molecule has 0 unspecified atom stereocenters. The van der Waals surface area contributed by atoms with Gasteiger partial charge in [-0.05, 0) is 12.1 Å². The molecule has 0 aliphatic carbocycles. The summed E-state index contributed by atoms with van der Waals surface area (Å²) in [5.74, 6) is -0.553. The Balaban J connectivity index is 2.83. The van der Waals surface area contributed by atoms with E-state index in [4.69, 9.17) is 5.73 Å². The molecule has 3 N–H and O–H groups in total. The molecular weight excluding hydrogens is 182 g/mol. The molecule has 14 heavy (non-hydrogen) atoms. The lowest BCUT2D eigenvalue weighted by molar-refractivity contribution is 0.100. The molecule has 1 aromatic heterocycles. The number of nitrogens with zero attached hydrogens (tertiary/aromatic N) is 1. The van der Waals surface area contributed by atoms with Crippen LogP contribution in [-0.4, -0.2) is 16.1 Å². The number of carbonyl (C=O) groups is 1. The SMILES string of the molecule is NC(=O)c1ccc2cn[nH]c(=O)c2c1. The summed E-state index contributed by atoms with van der Waals surface area (Å²) in [6.45, 7) is 0. The van der Waals surface area contributed by atoms with Crippen LogP contribution in [0.3, 0.4) is 0 Å². The van der Waals surface area contributed by atoms with E-state index in [1.54, 1.807) is 12.1 Å². The standard InChI is InChI=1S/C9H7N3O2/c10-8(13)5-1-2-6-4-11-12-9(14)7(6)3-5/h1-4H,(H2,10,13)(H,12,14). The van der Waals surface area contributed by atoms with Crippen molar-refractivity contribution in [2.75, 3.05) is 0 Å². The number of hydrogen-bond acceptors (Lipinski definition) is 3. The second kappa shape index (κ2) is 2.95. The van der Waals surface area contributed by atoms with Crippen molar-refractivity contribution in [2.24, 2.45) is 5.73 Å². The van der Waals surface area contributed by atoms with E-state index < -0.39 is 5.91 Å². The van der Waals surface area contributed by atoms with Crippen LogP contribution in [0.4, 0.5) is 0 Å². The van der Waals surface area contributed by atoms with Crippen LogP contribution in [0.15, 0.2) is 29.2 Å². The second-order valence-corrected chi connectivity index (χ2v) is 2.87. The van der Waals surface area contributed by atoms with Crippen molar-refractivity contribution < 1.29 is 4.79 Å². The number of nitrogens with two attached hydrogens (primary N) is 1. The van der Waals surface area contributed by atoms with Crippen molar-refractivity contribution >= 4 is 16.7 Å². The van der Waals surface area contributed by atoms with Gasteiger partial charge in [0.25, 0.3) is 5.56 Å². The number of aromatic amines is 1. The highest BCUT2D eigenvalue weighted by molar-refractivity contribution is 5.97. The van der Waals surface area contributed by atoms with Gasteiger partial charge in [0, 0.05) is 10.9 Å². The number of rotatable bonds is 1. The van der Waals surface area contributed by atoms with Gasteiger partial charge >= 0.3 is 0 Å². The topological polar surface area (TPSA) is 88.8 Å². The van der Waals surface area contributed by atoms with Gasteiger partial charge in [0.1, 0.15) is 0 Å². The first-order valence-corrected chi connectivity index (χ1v) is 3.96. The average Bonchev–Trinajstić information content (AvgIpc) is 2.18. The maximum atomic E-state index is 11.3. The minimum absolute atomic E-state index is 0.314. The molecule has 0 bridgehead atoms. The van der Waals surface area contributed by atoms with Gasteiger partial charge in [-0.15, -0.1) is 0 Å². The zero-order valence-electron chi connectivity index (χ0n) is 7.15. The third-order valence-electron chi connectivity index (χ3n) is 1.95. The maximum Gasteiger partial charge on any atom is 0.272 e. The molecule has 5 nitrogen and oxygen atoms in total. The molecule has 0 radical (unpaired) electrons. The lowest BCUT2D eigenvalue weighted by atomic mass is 10.1. The normalized spacial score (nSPS) is 10.3. The van der Waals surface area contributed by atoms with Gasteiger partial charge in [-0.3, -0.25) is 9.59 Å². The van der Waals surface area contributed by atoms with Crippen molar-refractivity contribution in [3.05, 3.63) is 40.3 Å². The summed E-state index contributed by atoms with van der Waals surface area (Å²) in [5, 5.41) is 7.01. The number of amides is 1. The van der Waals surface area contributed by atoms with Crippen LogP contribution in [0.1, 0.15) is 10.4 Å². The summed E-state index contributed by atoms with van der Waals surface area (Å²) < 4.78 is 0. The lowest BCUT2D eigenvalue weighted by Gasteiger charge is -1.97. The van der Waals surface area contributed by atoms with E-state index >= 15 is 0 Å². The molecule has 0 saturated carbocycles. The Hall–Kier alpha value is -2.17. The number of hydrogen-bond donors (Lipinski definition) is 2. The first kappa shape index (κ1) is 8.43.